The summed E-state index contributed by atoms with van der Waals surface area (Å²) in [6.45, 7) is 0. The molecule has 0 spiro atoms. The van der Waals surface area contributed by atoms with Crippen LogP contribution in [-0.4, -0.2) is 29.4 Å². The van der Waals surface area contributed by atoms with Crippen molar-refractivity contribution < 1.29 is 13.2 Å². The summed E-state index contributed by atoms with van der Waals surface area (Å²) >= 11 is 23.0. The Kier molecular flexibility index (Phi) is 8.48. The first kappa shape index (κ1) is 24.4. The Morgan fingerprint density at radius 3 is 2.17 bits per heavy atom. The van der Waals surface area contributed by atoms with E-state index in [1.165, 1.54) is 30.3 Å². The van der Waals surface area contributed by atoms with Crippen molar-refractivity contribution in [1.82, 2.24) is 10.6 Å². The van der Waals surface area contributed by atoms with E-state index in [-0.39, 0.29) is 10.0 Å². The third-order valence-corrected chi connectivity index (χ3v) is 5.36. The first-order valence-electron chi connectivity index (χ1n) is 8.26. The van der Waals surface area contributed by atoms with Gasteiger partial charge in [0.05, 0.1) is 4.90 Å². The number of sulfonamides is 1. The molecule has 0 aliphatic rings. The molecular formula is C18H17Cl3N4O3S2. The van der Waals surface area contributed by atoms with Crippen LogP contribution in [0.1, 0.15) is 5.56 Å². The Morgan fingerprint density at radius 2 is 1.63 bits per heavy atom. The molecule has 0 saturated carbocycles. The van der Waals surface area contributed by atoms with E-state index >= 15 is 0 Å². The standard InChI is InChI=1S/C18H17Cl3N4O3S2/c19-18(20,21)16(24-15(26)11-6-12-4-2-1-3-5-12)25-17(29)23-13-7-9-14(10-8-13)30(22,27)28/h1-11,16H,(H,24,26)(H2,22,27,28)(H2,23,25,29)/b11-6+/t16-/m1/s1. The van der Waals surface area contributed by atoms with Gasteiger partial charge in [0.1, 0.15) is 6.17 Å². The molecule has 0 fully saturated rings. The molecule has 0 heterocycles. The number of benzene rings is 2. The molecule has 30 heavy (non-hydrogen) atoms. The zero-order valence-corrected chi connectivity index (χ0v) is 19.1. The van der Waals surface area contributed by atoms with E-state index in [1.807, 2.05) is 30.3 Å². The monoisotopic (exact) mass is 506 g/mol. The van der Waals surface area contributed by atoms with Gasteiger partial charge in [0.15, 0.2) is 5.11 Å². The van der Waals surface area contributed by atoms with E-state index in [0.29, 0.717) is 5.69 Å². The zero-order chi connectivity index (χ0) is 22.4. The molecule has 0 aliphatic heterocycles. The number of nitrogens with one attached hydrogen (secondary N) is 3. The molecule has 2 rings (SSSR count). The smallest absolute Gasteiger partial charge is 0.245 e. The van der Waals surface area contributed by atoms with Crippen LogP contribution in [0, 0.1) is 0 Å². The number of thiocarbonyl (C=S) groups is 1. The molecule has 0 bridgehead atoms. The van der Waals surface area contributed by atoms with Crippen molar-refractivity contribution in [2.24, 2.45) is 5.14 Å². The summed E-state index contributed by atoms with van der Waals surface area (Å²) in [5.74, 6) is -0.511. The maximum atomic E-state index is 12.2. The molecule has 0 radical (unpaired) electrons. The third-order valence-electron chi connectivity index (χ3n) is 3.56. The number of anilines is 1. The second-order valence-electron chi connectivity index (χ2n) is 5.90. The van der Waals surface area contributed by atoms with Crippen molar-refractivity contribution in [3.63, 3.8) is 0 Å². The summed E-state index contributed by atoms with van der Waals surface area (Å²) in [4.78, 5) is 12.1. The summed E-state index contributed by atoms with van der Waals surface area (Å²) in [6, 6.07) is 14.7. The second-order valence-corrected chi connectivity index (χ2v) is 10.2. The predicted octanol–water partition coefficient (Wildman–Crippen LogP) is 3.15. The number of halogens is 3. The lowest BCUT2D eigenvalue weighted by Gasteiger charge is -2.27. The van der Waals surface area contributed by atoms with Gasteiger partial charge in [-0.2, -0.15) is 0 Å². The number of carbonyl (C=O) groups is 1. The highest BCUT2D eigenvalue weighted by molar-refractivity contribution is 7.89. The van der Waals surface area contributed by atoms with Gasteiger partial charge < -0.3 is 16.0 Å². The van der Waals surface area contributed by atoms with E-state index in [4.69, 9.17) is 52.2 Å². The minimum absolute atomic E-state index is 0.0296. The summed E-state index contributed by atoms with van der Waals surface area (Å²) in [6.07, 6.45) is 1.75. The molecule has 2 aromatic rings. The molecule has 160 valence electrons. The molecule has 0 aliphatic carbocycles. The summed E-state index contributed by atoms with van der Waals surface area (Å²) < 4.78 is 20.7. The zero-order valence-electron chi connectivity index (χ0n) is 15.2. The van der Waals surface area contributed by atoms with Gasteiger partial charge in [0.2, 0.25) is 19.7 Å². The number of nitrogens with two attached hydrogens (primary N) is 1. The highest BCUT2D eigenvalue weighted by atomic mass is 35.6. The lowest BCUT2D eigenvalue weighted by atomic mass is 10.2. The van der Waals surface area contributed by atoms with E-state index in [2.05, 4.69) is 16.0 Å². The Hall–Kier alpha value is -1.88. The van der Waals surface area contributed by atoms with Gasteiger partial charge in [0, 0.05) is 11.8 Å². The molecule has 0 saturated heterocycles. The van der Waals surface area contributed by atoms with Gasteiger partial charge in [-0.3, -0.25) is 4.79 Å². The van der Waals surface area contributed by atoms with Gasteiger partial charge in [0.25, 0.3) is 0 Å². The Balaban J connectivity index is 2.01. The van der Waals surface area contributed by atoms with Crippen LogP contribution >= 0.6 is 47.0 Å². The van der Waals surface area contributed by atoms with Crippen molar-refractivity contribution >= 4 is 79.8 Å². The van der Waals surface area contributed by atoms with E-state index < -0.39 is 25.9 Å². The third kappa shape index (κ3) is 8.10. The minimum Gasteiger partial charge on any atom is -0.339 e. The van der Waals surface area contributed by atoms with Gasteiger partial charge >= 0.3 is 0 Å². The van der Waals surface area contributed by atoms with Crippen molar-refractivity contribution in [2.45, 2.75) is 14.9 Å². The summed E-state index contributed by atoms with van der Waals surface area (Å²) in [5.41, 5.74) is 1.28. The number of hydrogen-bond donors (Lipinski definition) is 4. The van der Waals surface area contributed by atoms with Crippen molar-refractivity contribution in [1.29, 1.82) is 0 Å². The Morgan fingerprint density at radius 1 is 1.03 bits per heavy atom. The first-order valence-corrected chi connectivity index (χ1v) is 11.3. The molecule has 2 aromatic carbocycles. The van der Waals surface area contributed by atoms with Crippen LogP contribution in [0.15, 0.2) is 65.6 Å². The van der Waals surface area contributed by atoms with E-state index in [1.54, 1.807) is 6.08 Å². The maximum absolute atomic E-state index is 12.2. The number of alkyl halides is 3. The van der Waals surface area contributed by atoms with Crippen LogP contribution < -0.4 is 21.1 Å². The fourth-order valence-corrected chi connectivity index (χ4v) is 3.23. The van der Waals surface area contributed by atoms with Crippen LogP contribution in [0.25, 0.3) is 6.08 Å². The van der Waals surface area contributed by atoms with E-state index in [0.717, 1.165) is 5.56 Å². The van der Waals surface area contributed by atoms with Crippen LogP contribution in [-0.2, 0) is 14.8 Å². The number of amides is 1. The largest absolute Gasteiger partial charge is 0.339 e. The average molecular weight is 508 g/mol. The Bertz CT molecular complexity index is 1020. The fraction of sp³-hybridized carbons (Fsp3) is 0.111. The Labute approximate surface area is 194 Å². The van der Waals surface area contributed by atoms with Gasteiger partial charge in [-0.1, -0.05) is 65.1 Å². The predicted molar refractivity (Wildman–Crippen MR) is 125 cm³/mol. The maximum Gasteiger partial charge on any atom is 0.245 e. The normalized spacial score (nSPS) is 12.9. The van der Waals surface area contributed by atoms with Crippen molar-refractivity contribution in [3.05, 3.63) is 66.2 Å². The number of rotatable bonds is 6. The number of hydrogen-bond acceptors (Lipinski definition) is 4. The molecule has 7 nitrogen and oxygen atoms in total. The second kappa shape index (κ2) is 10.4. The first-order chi connectivity index (χ1) is 13.9. The molecular weight excluding hydrogens is 491 g/mol. The highest BCUT2D eigenvalue weighted by Gasteiger charge is 2.34. The van der Waals surface area contributed by atoms with Crippen LogP contribution in [0.3, 0.4) is 0 Å². The lowest BCUT2D eigenvalue weighted by Crippen LogP contribution is -2.55. The SMILES string of the molecule is NS(=O)(=O)c1ccc(NC(=S)N[C@@H](NC(=O)/C=C/c2ccccc2)C(Cl)(Cl)Cl)cc1. The quantitative estimate of drug-likeness (QED) is 0.207. The van der Waals surface area contributed by atoms with Crippen molar-refractivity contribution in [2.75, 3.05) is 5.32 Å². The van der Waals surface area contributed by atoms with Gasteiger partial charge in [-0.25, -0.2) is 13.6 Å². The number of primary sulfonamides is 1. The molecule has 5 N–H and O–H groups in total. The fourth-order valence-electron chi connectivity index (χ4n) is 2.15. The molecule has 12 heteroatoms. The molecule has 1 atom stereocenters. The lowest BCUT2D eigenvalue weighted by molar-refractivity contribution is -0.117. The summed E-state index contributed by atoms with van der Waals surface area (Å²) in [5, 5.41) is 13.1. The van der Waals surface area contributed by atoms with Crippen LogP contribution in [0.5, 0.6) is 0 Å². The van der Waals surface area contributed by atoms with Gasteiger partial charge in [-0.05, 0) is 48.1 Å². The topological polar surface area (TPSA) is 113 Å². The van der Waals surface area contributed by atoms with E-state index in [9.17, 15) is 13.2 Å². The van der Waals surface area contributed by atoms with Crippen LogP contribution in [0.4, 0.5) is 5.69 Å². The molecule has 1 amide bonds. The van der Waals surface area contributed by atoms with Crippen LogP contribution in [0.2, 0.25) is 0 Å². The summed E-state index contributed by atoms with van der Waals surface area (Å²) in [7, 11) is -3.81. The van der Waals surface area contributed by atoms with Gasteiger partial charge in [-0.15, -0.1) is 0 Å². The molecule has 0 unspecified atom stereocenters. The van der Waals surface area contributed by atoms with Crippen molar-refractivity contribution in [3.8, 4) is 0 Å². The molecule has 0 aromatic heterocycles. The average Bonchev–Trinajstić information content (AvgIpc) is 2.65. The minimum atomic E-state index is -3.81. The number of carbonyl (C=O) groups excluding carboxylic acids is 1. The highest BCUT2D eigenvalue weighted by Crippen LogP contribution is 2.29.